The van der Waals surface area contributed by atoms with E-state index in [9.17, 15) is 9.18 Å². The average Bonchev–Trinajstić information content (AvgIpc) is 3.36. The van der Waals surface area contributed by atoms with Crippen LogP contribution in [0.15, 0.2) is 28.9 Å². The molecule has 6 heteroatoms. The second kappa shape index (κ2) is 10.6. The normalized spacial score (nSPS) is 26.0. The lowest BCUT2D eigenvalue weighted by Crippen LogP contribution is -2.42. The number of carbonyl (C=O) groups excluding carboxylic acids is 1. The molecule has 2 aromatic rings. The van der Waals surface area contributed by atoms with Crippen molar-refractivity contribution in [1.29, 1.82) is 0 Å². The maximum atomic E-state index is 14.0. The Kier molecular flexibility index (Phi) is 7.31. The molecule has 5 nitrogen and oxygen atoms in total. The van der Waals surface area contributed by atoms with Gasteiger partial charge in [-0.25, -0.2) is 4.39 Å². The topological polar surface area (TPSA) is 54.7 Å². The summed E-state index contributed by atoms with van der Waals surface area (Å²) in [4.78, 5) is 15.1. The van der Waals surface area contributed by atoms with Gasteiger partial charge in [-0.1, -0.05) is 6.07 Å². The van der Waals surface area contributed by atoms with E-state index in [1.54, 1.807) is 12.3 Å². The van der Waals surface area contributed by atoms with Crippen LogP contribution in [0.5, 0.6) is 0 Å². The highest BCUT2D eigenvalue weighted by Gasteiger charge is 2.28. The number of hydrogen-bond donors (Lipinski definition) is 1. The molecule has 0 atom stereocenters. The first-order valence-electron chi connectivity index (χ1n) is 12.9. The Morgan fingerprint density at radius 1 is 1.00 bits per heavy atom. The van der Waals surface area contributed by atoms with Gasteiger partial charge in [0.25, 0.3) is 0 Å². The maximum Gasteiger partial charge on any atom is 0.223 e. The predicted octanol–water partition coefficient (Wildman–Crippen LogP) is 5.24. The van der Waals surface area contributed by atoms with Crippen LogP contribution < -0.4 is 5.32 Å². The van der Waals surface area contributed by atoms with E-state index in [0.29, 0.717) is 17.5 Å². The molecule has 3 fully saturated rings. The van der Waals surface area contributed by atoms with E-state index in [1.165, 1.54) is 31.4 Å². The van der Waals surface area contributed by atoms with Crippen molar-refractivity contribution in [3.05, 3.63) is 35.8 Å². The Balaban J connectivity index is 1.02. The van der Waals surface area contributed by atoms with Gasteiger partial charge in [-0.2, -0.15) is 0 Å². The van der Waals surface area contributed by atoms with Crippen LogP contribution in [0.2, 0.25) is 0 Å². The summed E-state index contributed by atoms with van der Waals surface area (Å²) in [7, 11) is 0. The molecule has 1 amide bonds. The quantitative estimate of drug-likeness (QED) is 0.646. The number of ether oxygens (including phenoxy) is 1. The first-order valence-corrected chi connectivity index (χ1v) is 12.9. The lowest BCUT2D eigenvalue weighted by Gasteiger charge is -2.35. The van der Waals surface area contributed by atoms with Gasteiger partial charge in [0.15, 0.2) is 11.4 Å². The van der Waals surface area contributed by atoms with Crippen molar-refractivity contribution in [3.8, 4) is 0 Å². The van der Waals surface area contributed by atoms with Gasteiger partial charge in [0.1, 0.15) is 0 Å². The van der Waals surface area contributed by atoms with Crippen molar-refractivity contribution in [2.45, 2.75) is 69.7 Å². The molecule has 1 aromatic heterocycles. The predicted molar refractivity (Wildman–Crippen MR) is 127 cm³/mol. The van der Waals surface area contributed by atoms with Crippen molar-refractivity contribution >= 4 is 16.9 Å². The van der Waals surface area contributed by atoms with Crippen LogP contribution in [0.3, 0.4) is 0 Å². The maximum absolute atomic E-state index is 14.0. The van der Waals surface area contributed by atoms with Crippen LogP contribution in [0, 0.1) is 17.7 Å². The molecule has 2 saturated heterocycles. The number of likely N-dealkylation sites (tertiary alicyclic amines) is 1. The summed E-state index contributed by atoms with van der Waals surface area (Å²) in [6, 6.07) is 5.77. The summed E-state index contributed by atoms with van der Waals surface area (Å²) in [5, 5.41) is 4.25. The zero-order chi connectivity index (χ0) is 22.6. The minimum absolute atomic E-state index is 0.152. The number of fused-ring (bicyclic) bond motifs is 1. The molecule has 1 aromatic carbocycles. The van der Waals surface area contributed by atoms with Crippen LogP contribution in [0.25, 0.3) is 11.0 Å². The Morgan fingerprint density at radius 3 is 2.52 bits per heavy atom. The summed E-state index contributed by atoms with van der Waals surface area (Å²) in [6.07, 6.45) is 11.5. The smallest absolute Gasteiger partial charge is 0.223 e. The van der Waals surface area contributed by atoms with Gasteiger partial charge in [-0.15, -0.1) is 0 Å². The van der Waals surface area contributed by atoms with Crippen LogP contribution >= 0.6 is 0 Å². The monoisotopic (exact) mass is 456 g/mol. The molecule has 2 aliphatic heterocycles. The summed E-state index contributed by atoms with van der Waals surface area (Å²) < 4.78 is 24.7. The van der Waals surface area contributed by atoms with Crippen LogP contribution in [-0.4, -0.2) is 49.7 Å². The first-order chi connectivity index (χ1) is 16.2. The number of hydrogen-bond acceptors (Lipinski definition) is 4. The molecule has 3 aliphatic rings. The molecule has 0 radical (unpaired) electrons. The molecule has 1 aliphatic carbocycles. The van der Waals surface area contributed by atoms with Gasteiger partial charge in [-0.3, -0.25) is 4.79 Å². The van der Waals surface area contributed by atoms with Crippen molar-refractivity contribution < 1.29 is 18.3 Å². The van der Waals surface area contributed by atoms with E-state index >= 15 is 0 Å². The van der Waals surface area contributed by atoms with Gasteiger partial charge in [0.2, 0.25) is 5.91 Å². The van der Waals surface area contributed by atoms with Crippen molar-refractivity contribution in [1.82, 2.24) is 10.2 Å². The molecule has 0 bridgehead atoms. The van der Waals surface area contributed by atoms with Gasteiger partial charge in [0, 0.05) is 30.6 Å². The third kappa shape index (κ3) is 5.43. The van der Waals surface area contributed by atoms with Gasteiger partial charge < -0.3 is 19.4 Å². The zero-order valence-corrected chi connectivity index (χ0v) is 19.6. The number of carbonyl (C=O) groups is 1. The van der Waals surface area contributed by atoms with E-state index in [-0.39, 0.29) is 17.6 Å². The number of furan rings is 1. The standard InChI is InChI=1S/C27H37FN2O3/c28-25-6-5-23(24-12-18-33-26(24)25)20-8-14-30(15-9-20)13-7-19-1-3-22(4-2-19)29-27(31)21-10-16-32-17-11-21/h5-6,12,18-22H,1-4,7-11,13-17H2,(H,29,31)/t19-,22-. The molecule has 180 valence electrons. The van der Waals surface area contributed by atoms with Crippen LogP contribution in [-0.2, 0) is 9.53 Å². The van der Waals surface area contributed by atoms with Gasteiger partial charge >= 0.3 is 0 Å². The lowest BCUT2D eigenvalue weighted by molar-refractivity contribution is -0.128. The summed E-state index contributed by atoms with van der Waals surface area (Å²) in [5.74, 6) is 1.39. The molecule has 33 heavy (non-hydrogen) atoms. The van der Waals surface area contributed by atoms with Crippen molar-refractivity contribution in [3.63, 3.8) is 0 Å². The highest BCUT2D eigenvalue weighted by molar-refractivity contribution is 5.82. The SMILES string of the molecule is O=C(N[C@H]1CC[C@H](CCN2CCC(c3ccc(F)c4occc34)CC2)CC1)C1CCOCC1. The number of nitrogens with one attached hydrogen (secondary N) is 1. The fraction of sp³-hybridized carbons (Fsp3) is 0.667. The van der Waals surface area contributed by atoms with E-state index in [1.807, 2.05) is 12.1 Å². The summed E-state index contributed by atoms with van der Waals surface area (Å²) >= 11 is 0. The van der Waals surface area contributed by atoms with E-state index in [0.717, 1.165) is 76.1 Å². The Bertz CT molecular complexity index is 923. The van der Waals surface area contributed by atoms with E-state index in [4.69, 9.17) is 9.15 Å². The van der Waals surface area contributed by atoms with Gasteiger partial charge in [-0.05, 0) is 107 Å². The number of halogens is 1. The summed E-state index contributed by atoms with van der Waals surface area (Å²) in [6.45, 7) is 4.83. The number of nitrogens with zero attached hydrogens (tertiary/aromatic N) is 1. The highest BCUT2D eigenvalue weighted by atomic mass is 19.1. The fourth-order valence-electron chi connectivity index (χ4n) is 6.11. The van der Waals surface area contributed by atoms with Gasteiger partial charge in [0.05, 0.1) is 6.26 Å². The number of piperidine rings is 1. The molecular formula is C27H37FN2O3. The van der Waals surface area contributed by atoms with E-state index in [2.05, 4.69) is 10.2 Å². The average molecular weight is 457 g/mol. The van der Waals surface area contributed by atoms with E-state index < -0.39 is 0 Å². The third-order valence-electron chi connectivity index (χ3n) is 8.27. The zero-order valence-electron chi connectivity index (χ0n) is 19.6. The minimum Gasteiger partial charge on any atom is -0.461 e. The molecule has 0 spiro atoms. The second-order valence-corrected chi connectivity index (χ2v) is 10.3. The van der Waals surface area contributed by atoms with Crippen LogP contribution in [0.1, 0.15) is 69.3 Å². The largest absolute Gasteiger partial charge is 0.461 e. The second-order valence-electron chi connectivity index (χ2n) is 10.3. The van der Waals surface area contributed by atoms with Crippen LogP contribution in [0.4, 0.5) is 4.39 Å². The van der Waals surface area contributed by atoms with Crippen molar-refractivity contribution in [2.75, 3.05) is 32.8 Å². The Morgan fingerprint density at radius 2 is 1.76 bits per heavy atom. The third-order valence-corrected chi connectivity index (χ3v) is 8.27. The Hall–Kier alpha value is -1.92. The molecule has 5 rings (SSSR count). The highest BCUT2D eigenvalue weighted by Crippen LogP contribution is 2.35. The molecule has 1 saturated carbocycles. The Labute approximate surface area is 196 Å². The van der Waals surface area contributed by atoms with Crippen molar-refractivity contribution in [2.24, 2.45) is 11.8 Å². The number of rotatable bonds is 6. The molecular weight excluding hydrogens is 419 g/mol. The lowest BCUT2D eigenvalue weighted by atomic mass is 9.83. The molecule has 0 unspecified atom stereocenters. The molecule has 1 N–H and O–H groups in total. The number of benzene rings is 1. The first kappa shape index (κ1) is 22.9. The number of amides is 1. The summed E-state index contributed by atoms with van der Waals surface area (Å²) in [5.41, 5.74) is 1.63. The fourth-order valence-corrected chi connectivity index (χ4v) is 6.11. The molecule has 3 heterocycles. The minimum atomic E-state index is -0.269.